The van der Waals surface area contributed by atoms with Gasteiger partial charge in [0.15, 0.2) is 0 Å². The zero-order valence-electron chi connectivity index (χ0n) is 24.3. The lowest BCUT2D eigenvalue weighted by Gasteiger charge is -2.39. The molecule has 0 heterocycles. The summed E-state index contributed by atoms with van der Waals surface area (Å²) in [6, 6.07) is -0.220. The molecule has 0 aromatic carbocycles. The molecule has 40 heavy (non-hydrogen) atoms. The molecule has 5 atom stereocenters. The van der Waals surface area contributed by atoms with Crippen LogP contribution in [0.5, 0.6) is 0 Å². The smallest absolute Gasteiger partial charge is 0.407 e. The standard InChI is InChI=1S/C29H47N3O8/c1-19(2)15-36-28(34)31-25-11-10-23(14-26(25)32-29(35)37-16-20(3)4)12-22-8-7-9-24(13-22)30-17-39-40-18-38-27(33)21(5)6/h22-26,30H,1,3,5,7-18H2,2,4,6H3,(H,31,34)(H,32,35). The van der Waals surface area contributed by atoms with Crippen LogP contribution >= 0.6 is 0 Å². The largest absolute Gasteiger partial charge is 0.445 e. The highest BCUT2D eigenvalue weighted by Crippen LogP contribution is 2.35. The van der Waals surface area contributed by atoms with Crippen LogP contribution in [0.2, 0.25) is 0 Å². The molecule has 2 fully saturated rings. The number of hydrogen-bond acceptors (Lipinski definition) is 9. The van der Waals surface area contributed by atoms with Crippen molar-refractivity contribution >= 4 is 18.2 Å². The zero-order chi connectivity index (χ0) is 29.5. The average molecular weight is 566 g/mol. The second-order valence-corrected chi connectivity index (χ2v) is 11.1. The SMILES string of the molecule is C=C(C)COC(=O)NC1CCC(CC2CCCC(NCOOCOC(=O)C(=C)C)C2)CC1NC(=O)OCC(=C)C. The molecule has 3 N–H and O–H groups in total. The van der Waals surface area contributed by atoms with E-state index in [4.69, 9.17) is 24.0 Å². The highest BCUT2D eigenvalue weighted by molar-refractivity contribution is 5.86. The van der Waals surface area contributed by atoms with E-state index in [1.807, 2.05) is 0 Å². The van der Waals surface area contributed by atoms with Gasteiger partial charge in [0, 0.05) is 11.6 Å². The van der Waals surface area contributed by atoms with Crippen molar-refractivity contribution in [2.24, 2.45) is 11.8 Å². The zero-order valence-corrected chi connectivity index (χ0v) is 24.3. The summed E-state index contributed by atoms with van der Waals surface area (Å²) in [6.07, 6.45) is 6.73. The molecule has 5 unspecified atom stereocenters. The lowest BCUT2D eigenvalue weighted by molar-refractivity contribution is -0.334. The first-order valence-corrected chi connectivity index (χ1v) is 14.0. The Bertz CT molecular complexity index is 893. The third-order valence-electron chi connectivity index (χ3n) is 7.02. The van der Waals surface area contributed by atoms with Crippen LogP contribution in [0.1, 0.15) is 72.1 Å². The molecule has 0 aromatic rings. The average Bonchev–Trinajstić information content (AvgIpc) is 2.89. The fourth-order valence-corrected chi connectivity index (χ4v) is 5.16. The molecular formula is C29H47N3O8. The van der Waals surface area contributed by atoms with E-state index in [1.54, 1.807) is 20.8 Å². The van der Waals surface area contributed by atoms with Gasteiger partial charge in [-0.05, 0) is 82.3 Å². The van der Waals surface area contributed by atoms with E-state index in [0.717, 1.165) is 62.5 Å². The molecule has 0 saturated heterocycles. The Balaban J connectivity index is 1.82. The predicted molar refractivity (Wildman–Crippen MR) is 150 cm³/mol. The molecule has 0 radical (unpaired) electrons. The van der Waals surface area contributed by atoms with Crippen LogP contribution in [-0.4, -0.2) is 63.0 Å². The summed E-state index contributed by atoms with van der Waals surface area (Å²) in [5.41, 5.74) is 1.80. The molecule has 0 aromatic heterocycles. The second-order valence-electron chi connectivity index (χ2n) is 11.1. The number of carbonyl (C=O) groups is 3. The summed E-state index contributed by atoms with van der Waals surface area (Å²) >= 11 is 0. The quantitative estimate of drug-likeness (QED) is 0.0379. The minimum atomic E-state index is -0.527. The molecule has 2 amide bonds. The first kappa shape index (κ1) is 33.3. The third kappa shape index (κ3) is 13.5. The van der Waals surface area contributed by atoms with Crippen LogP contribution in [0.15, 0.2) is 36.5 Å². The van der Waals surface area contributed by atoms with Crippen LogP contribution in [0.4, 0.5) is 9.59 Å². The summed E-state index contributed by atoms with van der Waals surface area (Å²) in [4.78, 5) is 46.1. The normalized spacial score (nSPS) is 24.3. The van der Waals surface area contributed by atoms with Crippen molar-refractivity contribution in [3.63, 3.8) is 0 Å². The van der Waals surface area contributed by atoms with Crippen LogP contribution in [0.3, 0.4) is 0 Å². The molecule has 11 nitrogen and oxygen atoms in total. The Morgan fingerprint density at radius 3 is 2.00 bits per heavy atom. The lowest BCUT2D eigenvalue weighted by atomic mass is 9.74. The molecule has 2 aliphatic rings. The van der Waals surface area contributed by atoms with Gasteiger partial charge in [-0.2, -0.15) is 4.89 Å². The van der Waals surface area contributed by atoms with E-state index >= 15 is 0 Å². The van der Waals surface area contributed by atoms with Gasteiger partial charge < -0.3 is 24.8 Å². The predicted octanol–water partition coefficient (Wildman–Crippen LogP) is 4.65. The first-order chi connectivity index (χ1) is 19.0. The molecule has 2 aliphatic carbocycles. The van der Waals surface area contributed by atoms with Crippen molar-refractivity contribution in [2.75, 3.05) is 26.7 Å². The Hall–Kier alpha value is -2.89. The maximum absolute atomic E-state index is 12.4. The number of hydrogen-bond donors (Lipinski definition) is 3. The van der Waals surface area contributed by atoms with Crippen LogP contribution in [0, 0.1) is 11.8 Å². The first-order valence-electron chi connectivity index (χ1n) is 14.0. The Morgan fingerprint density at radius 1 is 0.750 bits per heavy atom. The molecule has 0 bridgehead atoms. The van der Waals surface area contributed by atoms with Gasteiger partial charge in [-0.15, -0.1) is 0 Å². The second kappa shape index (κ2) is 17.7. The summed E-state index contributed by atoms with van der Waals surface area (Å²) in [6.45, 7) is 16.4. The molecule has 226 valence electrons. The molecular weight excluding hydrogens is 518 g/mol. The molecule has 0 spiro atoms. The molecule has 2 saturated carbocycles. The van der Waals surface area contributed by atoms with Gasteiger partial charge in [0.25, 0.3) is 0 Å². The number of amides is 2. The highest BCUT2D eigenvalue weighted by Gasteiger charge is 2.35. The molecule has 2 rings (SSSR count). The van der Waals surface area contributed by atoms with Gasteiger partial charge in [0.05, 0.1) is 12.1 Å². The third-order valence-corrected chi connectivity index (χ3v) is 7.02. The molecule has 0 aliphatic heterocycles. The number of nitrogens with one attached hydrogen (secondary N) is 3. The van der Waals surface area contributed by atoms with Gasteiger partial charge in [-0.3, -0.25) is 5.32 Å². The Labute approximate surface area is 238 Å². The van der Waals surface area contributed by atoms with Crippen LogP contribution in [0.25, 0.3) is 0 Å². The van der Waals surface area contributed by atoms with Gasteiger partial charge in [0.2, 0.25) is 6.79 Å². The number of alkyl carbamates (subject to hydrolysis) is 2. The van der Waals surface area contributed by atoms with Crippen LogP contribution < -0.4 is 16.0 Å². The van der Waals surface area contributed by atoms with Crippen LogP contribution in [-0.2, 0) is 28.8 Å². The van der Waals surface area contributed by atoms with Gasteiger partial charge in [-0.25, -0.2) is 19.3 Å². The van der Waals surface area contributed by atoms with Gasteiger partial charge >= 0.3 is 18.2 Å². The topological polar surface area (TPSA) is 133 Å². The maximum Gasteiger partial charge on any atom is 0.407 e. The van der Waals surface area contributed by atoms with Crippen molar-refractivity contribution in [3.05, 3.63) is 36.5 Å². The number of carbonyl (C=O) groups excluding carboxylic acids is 3. The number of esters is 1. The van der Waals surface area contributed by atoms with E-state index in [2.05, 4.69) is 35.7 Å². The minimum absolute atomic E-state index is 0.144. The summed E-state index contributed by atoms with van der Waals surface area (Å²) < 4.78 is 15.3. The van der Waals surface area contributed by atoms with Crippen molar-refractivity contribution in [3.8, 4) is 0 Å². The van der Waals surface area contributed by atoms with E-state index in [1.165, 1.54) is 0 Å². The van der Waals surface area contributed by atoms with E-state index < -0.39 is 18.2 Å². The monoisotopic (exact) mass is 565 g/mol. The van der Waals surface area contributed by atoms with E-state index in [0.29, 0.717) is 23.5 Å². The van der Waals surface area contributed by atoms with E-state index in [-0.39, 0.29) is 38.8 Å². The van der Waals surface area contributed by atoms with Crippen molar-refractivity contribution < 1.29 is 38.4 Å². The van der Waals surface area contributed by atoms with Crippen molar-refractivity contribution in [1.82, 2.24) is 16.0 Å². The molecule has 11 heteroatoms. The van der Waals surface area contributed by atoms with Gasteiger partial charge in [-0.1, -0.05) is 32.6 Å². The van der Waals surface area contributed by atoms with Crippen molar-refractivity contribution in [1.29, 1.82) is 0 Å². The van der Waals surface area contributed by atoms with Crippen molar-refractivity contribution in [2.45, 2.75) is 90.3 Å². The Kier molecular flexibility index (Phi) is 14.8. The summed E-state index contributed by atoms with van der Waals surface area (Å²) in [7, 11) is 0. The number of rotatable bonds is 15. The lowest BCUT2D eigenvalue weighted by Crippen LogP contribution is -2.55. The maximum atomic E-state index is 12.4. The summed E-state index contributed by atoms with van der Waals surface area (Å²) in [5.74, 6) is 0.414. The fraction of sp³-hybridized carbons (Fsp3) is 0.690. The Morgan fingerprint density at radius 2 is 1.38 bits per heavy atom. The number of ether oxygens (including phenoxy) is 3. The minimum Gasteiger partial charge on any atom is -0.445 e. The van der Waals surface area contributed by atoms with E-state index in [9.17, 15) is 14.4 Å². The van der Waals surface area contributed by atoms with Gasteiger partial charge in [0.1, 0.15) is 19.9 Å². The highest BCUT2D eigenvalue weighted by atomic mass is 17.2. The summed E-state index contributed by atoms with van der Waals surface area (Å²) in [5, 5.41) is 9.23. The fourth-order valence-electron chi connectivity index (χ4n) is 5.16.